The van der Waals surface area contributed by atoms with E-state index in [1.54, 1.807) is 6.92 Å². The second kappa shape index (κ2) is 8.27. The lowest BCUT2D eigenvalue weighted by molar-refractivity contribution is 0.0692. The number of ether oxygens (including phenoxy) is 1. The van der Waals surface area contributed by atoms with E-state index in [4.69, 9.17) is 4.74 Å². The number of rotatable bonds is 7. The minimum Gasteiger partial charge on any atom is -0.508 e. The Morgan fingerprint density at radius 2 is 1.91 bits per heavy atom. The Labute approximate surface area is 131 Å². The number of benzene rings is 1. The minimum absolute atomic E-state index is 0.00163. The lowest BCUT2D eigenvalue weighted by Gasteiger charge is -2.11. The Morgan fingerprint density at radius 1 is 1.23 bits per heavy atom. The third-order valence-electron chi connectivity index (χ3n) is 3.26. The van der Waals surface area contributed by atoms with E-state index < -0.39 is 5.97 Å². The van der Waals surface area contributed by atoms with Gasteiger partial charge in [0.05, 0.1) is 0 Å². The first-order valence-corrected chi connectivity index (χ1v) is 7.30. The number of aryl methyl sites for hydroxylation is 1. The SMILES string of the molecule is CC(C)=CCC/C(C)=C/COc1cc(O)cc(C)c1C(=O)O. The van der Waals surface area contributed by atoms with Gasteiger partial charge in [-0.05, 0) is 58.2 Å². The third kappa shape index (κ3) is 5.64. The summed E-state index contributed by atoms with van der Waals surface area (Å²) in [6, 6.07) is 2.75. The highest BCUT2D eigenvalue weighted by molar-refractivity contribution is 5.93. The standard InChI is InChI=1S/C18H24O4/c1-12(2)6-5-7-13(3)8-9-22-16-11-15(19)10-14(4)17(16)18(20)21/h6,8,10-11,19H,5,7,9H2,1-4H3,(H,20,21)/b13-8+. The molecular formula is C18H24O4. The molecule has 0 spiro atoms. The zero-order valence-electron chi connectivity index (χ0n) is 13.6. The Bertz CT molecular complexity index is 593. The lowest BCUT2D eigenvalue weighted by Crippen LogP contribution is -2.05. The highest BCUT2D eigenvalue weighted by Gasteiger charge is 2.15. The Morgan fingerprint density at radius 3 is 2.50 bits per heavy atom. The fourth-order valence-corrected chi connectivity index (χ4v) is 2.09. The maximum Gasteiger partial charge on any atom is 0.339 e. The summed E-state index contributed by atoms with van der Waals surface area (Å²) < 4.78 is 5.53. The fraction of sp³-hybridized carbons (Fsp3) is 0.389. The van der Waals surface area contributed by atoms with Gasteiger partial charge in [0.25, 0.3) is 0 Å². The van der Waals surface area contributed by atoms with E-state index in [0.29, 0.717) is 5.56 Å². The zero-order chi connectivity index (χ0) is 16.7. The molecule has 2 N–H and O–H groups in total. The fourth-order valence-electron chi connectivity index (χ4n) is 2.09. The minimum atomic E-state index is -1.06. The smallest absolute Gasteiger partial charge is 0.339 e. The summed E-state index contributed by atoms with van der Waals surface area (Å²) in [5.41, 5.74) is 3.05. The second-order valence-corrected chi connectivity index (χ2v) is 5.62. The number of phenolic OH excluding ortho intramolecular Hbond substituents is 1. The van der Waals surface area contributed by atoms with Crippen LogP contribution in [-0.4, -0.2) is 22.8 Å². The van der Waals surface area contributed by atoms with Gasteiger partial charge in [0.2, 0.25) is 0 Å². The molecule has 0 radical (unpaired) electrons. The van der Waals surface area contributed by atoms with E-state index in [1.807, 2.05) is 13.0 Å². The number of carboxylic acids is 1. The molecular weight excluding hydrogens is 280 g/mol. The van der Waals surface area contributed by atoms with Gasteiger partial charge in [0, 0.05) is 6.07 Å². The molecule has 4 nitrogen and oxygen atoms in total. The van der Waals surface area contributed by atoms with Crippen LogP contribution in [0.25, 0.3) is 0 Å². The van der Waals surface area contributed by atoms with Crippen molar-refractivity contribution in [1.29, 1.82) is 0 Å². The molecule has 0 fully saturated rings. The van der Waals surface area contributed by atoms with Crippen LogP contribution >= 0.6 is 0 Å². The molecule has 0 aliphatic rings. The molecule has 0 saturated heterocycles. The maximum atomic E-state index is 11.3. The van der Waals surface area contributed by atoms with Crippen molar-refractivity contribution in [2.75, 3.05) is 6.61 Å². The molecule has 0 bridgehead atoms. The van der Waals surface area contributed by atoms with Crippen molar-refractivity contribution in [1.82, 2.24) is 0 Å². The summed E-state index contributed by atoms with van der Waals surface area (Å²) in [5.74, 6) is -0.864. The van der Waals surface area contributed by atoms with Crippen LogP contribution in [0.5, 0.6) is 11.5 Å². The summed E-state index contributed by atoms with van der Waals surface area (Å²) >= 11 is 0. The van der Waals surface area contributed by atoms with Crippen LogP contribution in [0.1, 0.15) is 49.5 Å². The van der Waals surface area contributed by atoms with Crippen molar-refractivity contribution < 1.29 is 19.7 Å². The van der Waals surface area contributed by atoms with Gasteiger partial charge in [-0.15, -0.1) is 0 Å². The van der Waals surface area contributed by atoms with Crippen molar-refractivity contribution >= 4 is 5.97 Å². The topological polar surface area (TPSA) is 66.8 Å². The van der Waals surface area contributed by atoms with Crippen LogP contribution in [0.2, 0.25) is 0 Å². The Hall–Kier alpha value is -2.23. The monoisotopic (exact) mass is 304 g/mol. The van der Waals surface area contributed by atoms with Gasteiger partial charge < -0.3 is 14.9 Å². The van der Waals surface area contributed by atoms with Gasteiger partial charge in [-0.2, -0.15) is 0 Å². The third-order valence-corrected chi connectivity index (χ3v) is 3.26. The van der Waals surface area contributed by atoms with E-state index in [2.05, 4.69) is 19.9 Å². The van der Waals surface area contributed by atoms with E-state index >= 15 is 0 Å². The number of hydrogen-bond acceptors (Lipinski definition) is 3. The largest absolute Gasteiger partial charge is 0.508 e. The molecule has 1 aromatic carbocycles. The molecule has 0 aliphatic carbocycles. The number of phenols is 1. The quantitative estimate of drug-likeness (QED) is 0.729. The zero-order valence-corrected chi connectivity index (χ0v) is 13.6. The molecule has 0 unspecified atom stereocenters. The maximum absolute atomic E-state index is 11.3. The first-order valence-electron chi connectivity index (χ1n) is 7.30. The number of carbonyl (C=O) groups is 1. The summed E-state index contributed by atoms with van der Waals surface area (Å²) in [7, 11) is 0. The molecule has 0 saturated carbocycles. The molecule has 0 atom stereocenters. The predicted molar refractivity (Wildman–Crippen MR) is 87.7 cm³/mol. The molecule has 4 heteroatoms. The van der Waals surface area contributed by atoms with Gasteiger partial charge >= 0.3 is 5.97 Å². The molecule has 0 amide bonds. The normalized spacial score (nSPS) is 11.2. The van der Waals surface area contributed by atoms with Crippen LogP contribution < -0.4 is 4.74 Å². The van der Waals surface area contributed by atoms with Crippen molar-refractivity contribution in [2.24, 2.45) is 0 Å². The molecule has 22 heavy (non-hydrogen) atoms. The van der Waals surface area contributed by atoms with E-state index in [9.17, 15) is 15.0 Å². The highest BCUT2D eigenvalue weighted by Crippen LogP contribution is 2.28. The van der Waals surface area contributed by atoms with Crippen LogP contribution in [0.4, 0.5) is 0 Å². The second-order valence-electron chi connectivity index (χ2n) is 5.62. The van der Waals surface area contributed by atoms with Gasteiger partial charge in [-0.25, -0.2) is 4.79 Å². The van der Waals surface area contributed by atoms with E-state index in [-0.39, 0.29) is 23.7 Å². The van der Waals surface area contributed by atoms with Crippen molar-refractivity contribution in [3.05, 3.63) is 46.6 Å². The number of hydrogen-bond donors (Lipinski definition) is 2. The number of allylic oxidation sites excluding steroid dienone is 3. The lowest BCUT2D eigenvalue weighted by atomic mass is 10.1. The number of aromatic carboxylic acids is 1. The van der Waals surface area contributed by atoms with E-state index in [1.165, 1.54) is 23.3 Å². The molecule has 120 valence electrons. The van der Waals surface area contributed by atoms with E-state index in [0.717, 1.165) is 12.8 Å². The summed E-state index contributed by atoms with van der Waals surface area (Å²) in [5, 5.41) is 18.8. The molecule has 1 aromatic rings. The first kappa shape index (κ1) is 17.8. The van der Waals surface area contributed by atoms with Crippen LogP contribution in [0.15, 0.2) is 35.4 Å². The average Bonchev–Trinajstić information content (AvgIpc) is 2.36. The summed E-state index contributed by atoms with van der Waals surface area (Å²) in [6.07, 6.45) is 6.04. The van der Waals surface area contributed by atoms with Crippen molar-refractivity contribution in [3.63, 3.8) is 0 Å². The average molecular weight is 304 g/mol. The summed E-state index contributed by atoms with van der Waals surface area (Å²) in [6.45, 7) is 8.08. The van der Waals surface area contributed by atoms with Gasteiger partial charge in [-0.3, -0.25) is 0 Å². The van der Waals surface area contributed by atoms with Crippen molar-refractivity contribution in [2.45, 2.75) is 40.5 Å². The Kier molecular flexibility index (Phi) is 6.70. The molecule has 1 rings (SSSR count). The van der Waals surface area contributed by atoms with Crippen LogP contribution in [0, 0.1) is 6.92 Å². The summed E-state index contributed by atoms with van der Waals surface area (Å²) in [4.78, 5) is 11.3. The molecule has 0 heterocycles. The van der Waals surface area contributed by atoms with Gasteiger partial charge in [-0.1, -0.05) is 17.2 Å². The number of aromatic hydroxyl groups is 1. The first-order chi connectivity index (χ1) is 10.3. The molecule has 0 aliphatic heterocycles. The van der Waals surface area contributed by atoms with Gasteiger partial charge in [0.1, 0.15) is 23.7 Å². The van der Waals surface area contributed by atoms with Crippen LogP contribution in [0.3, 0.4) is 0 Å². The van der Waals surface area contributed by atoms with Crippen LogP contribution in [-0.2, 0) is 0 Å². The predicted octanol–water partition coefficient (Wildman–Crippen LogP) is 4.47. The Balaban J connectivity index is 2.72. The van der Waals surface area contributed by atoms with Gasteiger partial charge in [0.15, 0.2) is 0 Å². The van der Waals surface area contributed by atoms with Crippen molar-refractivity contribution in [3.8, 4) is 11.5 Å². The highest BCUT2D eigenvalue weighted by atomic mass is 16.5. The molecule has 0 aromatic heterocycles. The number of carboxylic acid groups (broad SMARTS) is 1.